The van der Waals surface area contributed by atoms with Crippen LogP contribution in [0, 0.1) is 19.7 Å². The predicted octanol–water partition coefficient (Wildman–Crippen LogP) is 2.69. The van der Waals surface area contributed by atoms with E-state index < -0.39 is 0 Å². The van der Waals surface area contributed by atoms with E-state index in [1.807, 2.05) is 19.9 Å². The fraction of sp³-hybridized carbons (Fsp3) is 0.500. The molecule has 0 heterocycles. The Morgan fingerprint density at radius 3 is 2.64 bits per heavy atom. The van der Waals surface area contributed by atoms with Gasteiger partial charge in [0.25, 0.3) is 0 Å². The number of hydrogen-bond acceptors (Lipinski definition) is 1. The molecule has 14 heavy (non-hydrogen) atoms. The summed E-state index contributed by atoms with van der Waals surface area (Å²) in [6.45, 7) is 4.57. The molecule has 1 N–H and O–H groups in total. The number of aryl methyl sites for hydroxylation is 2. The van der Waals surface area contributed by atoms with Crippen LogP contribution in [0.1, 0.15) is 29.5 Å². The third-order valence-electron chi connectivity index (χ3n) is 2.71. The zero-order valence-corrected chi connectivity index (χ0v) is 8.73. The average molecular weight is 193 g/mol. The molecule has 0 spiro atoms. The minimum absolute atomic E-state index is 0.0735. The highest BCUT2D eigenvalue weighted by molar-refractivity contribution is 5.31. The van der Waals surface area contributed by atoms with Crippen molar-refractivity contribution in [1.29, 1.82) is 0 Å². The zero-order valence-electron chi connectivity index (χ0n) is 8.73. The van der Waals surface area contributed by atoms with E-state index >= 15 is 0 Å². The van der Waals surface area contributed by atoms with Gasteiger partial charge in [-0.05, 0) is 43.9 Å². The highest BCUT2D eigenvalue weighted by atomic mass is 19.1. The summed E-state index contributed by atoms with van der Waals surface area (Å²) in [5, 5.41) is 3.33. The number of rotatable bonds is 3. The predicted molar refractivity (Wildman–Crippen MR) is 55.7 cm³/mol. The molecule has 1 aliphatic rings. The summed E-state index contributed by atoms with van der Waals surface area (Å²) >= 11 is 0. The summed E-state index contributed by atoms with van der Waals surface area (Å²) in [4.78, 5) is 0. The number of benzene rings is 1. The van der Waals surface area contributed by atoms with Gasteiger partial charge in [0.2, 0.25) is 0 Å². The Morgan fingerprint density at radius 2 is 2.07 bits per heavy atom. The molecule has 0 radical (unpaired) electrons. The molecule has 0 aromatic heterocycles. The lowest BCUT2D eigenvalue weighted by molar-refractivity contribution is 0.583. The third kappa shape index (κ3) is 2.13. The molecule has 1 saturated carbocycles. The molecule has 1 aromatic rings. The van der Waals surface area contributed by atoms with Gasteiger partial charge in [0.15, 0.2) is 0 Å². The average Bonchev–Trinajstić information content (AvgIpc) is 2.85. The van der Waals surface area contributed by atoms with Crippen LogP contribution in [0.3, 0.4) is 0 Å². The van der Waals surface area contributed by atoms with Gasteiger partial charge in [-0.1, -0.05) is 6.07 Å². The van der Waals surface area contributed by atoms with E-state index in [1.165, 1.54) is 12.8 Å². The van der Waals surface area contributed by atoms with Gasteiger partial charge < -0.3 is 5.32 Å². The van der Waals surface area contributed by atoms with Crippen LogP contribution in [0.4, 0.5) is 4.39 Å². The molecule has 0 aliphatic heterocycles. The Hall–Kier alpha value is -0.890. The summed E-state index contributed by atoms with van der Waals surface area (Å²) in [7, 11) is 0. The molecule has 2 rings (SSSR count). The van der Waals surface area contributed by atoms with Crippen LogP contribution < -0.4 is 5.32 Å². The summed E-state index contributed by atoms with van der Waals surface area (Å²) in [6, 6.07) is 4.28. The van der Waals surface area contributed by atoms with Gasteiger partial charge in [-0.15, -0.1) is 0 Å². The molecule has 2 heteroatoms. The van der Waals surface area contributed by atoms with Crippen molar-refractivity contribution in [3.63, 3.8) is 0 Å². The van der Waals surface area contributed by atoms with Crippen LogP contribution in [0.25, 0.3) is 0 Å². The van der Waals surface area contributed by atoms with Gasteiger partial charge >= 0.3 is 0 Å². The van der Waals surface area contributed by atoms with Gasteiger partial charge in [-0.3, -0.25) is 0 Å². The molecular weight excluding hydrogens is 177 g/mol. The van der Waals surface area contributed by atoms with E-state index in [0.29, 0.717) is 12.6 Å². The molecule has 0 bridgehead atoms. The van der Waals surface area contributed by atoms with Crippen LogP contribution in [0.5, 0.6) is 0 Å². The Morgan fingerprint density at radius 1 is 1.36 bits per heavy atom. The molecule has 1 aliphatic carbocycles. The second kappa shape index (κ2) is 3.70. The van der Waals surface area contributed by atoms with Crippen molar-refractivity contribution in [2.45, 2.75) is 39.3 Å². The Bertz CT molecular complexity index is 319. The van der Waals surface area contributed by atoms with Crippen molar-refractivity contribution in [2.24, 2.45) is 0 Å². The number of hydrogen-bond donors (Lipinski definition) is 1. The Balaban J connectivity index is 2.13. The van der Waals surface area contributed by atoms with Crippen molar-refractivity contribution in [2.75, 3.05) is 0 Å². The molecule has 1 fully saturated rings. The normalized spacial score (nSPS) is 15.9. The van der Waals surface area contributed by atoms with Gasteiger partial charge in [0.1, 0.15) is 5.82 Å². The fourth-order valence-corrected chi connectivity index (χ4v) is 1.70. The summed E-state index contributed by atoms with van der Waals surface area (Å²) < 4.78 is 13.5. The van der Waals surface area contributed by atoms with Gasteiger partial charge in [-0.2, -0.15) is 0 Å². The SMILES string of the molecule is Cc1cc(C)c(CNC2CC2)c(F)c1. The molecular formula is C12H16FN. The first-order valence-corrected chi connectivity index (χ1v) is 5.16. The van der Waals surface area contributed by atoms with E-state index in [1.54, 1.807) is 6.07 Å². The van der Waals surface area contributed by atoms with Crippen molar-refractivity contribution in [1.82, 2.24) is 5.32 Å². The minimum Gasteiger partial charge on any atom is -0.310 e. The topological polar surface area (TPSA) is 12.0 Å². The van der Waals surface area contributed by atoms with Crippen molar-refractivity contribution < 1.29 is 4.39 Å². The second-order valence-corrected chi connectivity index (χ2v) is 4.20. The largest absolute Gasteiger partial charge is 0.310 e. The van der Waals surface area contributed by atoms with E-state index in [4.69, 9.17) is 0 Å². The lowest BCUT2D eigenvalue weighted by Gasteiger charge is -2.09. The van der Waals surface area contributed by atoms with Gasteiger partial charge in [0.05, 0.1) is 0 Å². The van der Waals surface area contributed by atoms with Crippen LogP contribution in [-0.2, 0) is 6.54 Å². The standard InChI is InChI=1S/C12H16FN/c1-8-5-9(2)11(12(13)6-8)7-14-10-3-4-10/h5-6,10,14H,3-4,7H2,1-2H3. The molecule has 0 atom stereocenters. The van der Waals surface area contributed by atoms with Crippen molar-refractivity contribution in [3.8, 4) is 0 Å². The van der Waals surface area contributed by atoms with Crippen LogP contribution >= 0.6 is 0 Å². The highest BCUT2D eigenvalue weighted by Crippen LogP contribution is 2.21. The molecule has 1 aromatic carbocycles. The first-order valence-electron chi connectivity index (χ1n) is 5.16. The van der Waals surface area contributed by atoms with Crippen LogP contribution in [0.15, 0.2) is 12.1 Å². The molecule has 0 unspecified atom stereocenters. The van der Waals surface area contributed by atoms with E-state index in [2.05, 4.69) is 5.32 Å². The van der Waals surface area contributed by atoms with Crippen LogP contribution in [0.2, 0.25) is 0 Å². The molecule has 76 valence electrons. The fourth-order valence-electron chi connectivity index (χ4n) is 1.70. The van der Waals surface area contributed by atoms with E-state index in [0.717, 1.165) is 16.7 Å². The third-order valence-corrected chi connectivity index (χ3v) is 2.71. The minimum atomic E-state index is -0.0735. The van der Waals surface area contributed by atoms with Crippen molar-refractivity contribution in [3.05, 3.63) is 34.6 Å². The van der Waals surface area contributed by atoms with Gasteiger partial charge in [-0.25, -0.2) is 4.39 Å². The maximum Gasteiger partial charge on any atom is 0.128 e. The Labute approximate surface area is 84.3 Å². The number of nitrogens with one attached hydrogen (secondary N) is 1. The number of halogens is 1. The summed E-state index contributed by atoms with van der Waals surface area (Å²) in [6.07, 6.45) is 2.49. The molecule has 0 amide bonds. The lowest BCUT2D eigenvalue weighted by atomic mass is 10.0. The monoisotopic (exact) mass is 193 g/mol. The Kier molecular flexibility index (Phi) is 2.55. The summed E-state index contributed by atoms with van der Waals surface area (Å²) in [5.41, 5.74) is 2.87. The maximum atomic E-state index is 13.5. The smallest absolute Gasteiger partial charge is 0.128 e. The molecule has 0 saturated heterocycles. The molecule has 1 nitrogen and oxygen atoms in total. The first kappa shape index (κ1) is 9.66. The van der Waals surface area contributed by atoms with Crippen molar-refractivity contribution >= 4 is 0 Å². The first-order chi connectivity index (χ1) is 6.66. The van der Waals surface area contributed by atoms with E-state index in [9.17, 15) is 4.39 Å². The van der Waals surface area contributed by atoms with Crippen LogP contribution in [-0.4, -0.2) is 6.04 Å². The maximum absolute atomic E-state index is 13.5. The highest BCUT2D eigenvalue weighted by Gasteiger charge is 2.20. The lowest BCUT2D eigenvalue weighted by Crippen LogP contribution is -2.17. The quantitative estimate of drug-likeness (QED) is 0.778. The zero-order chi connectivity index (χ0) is 10.1. The van der Waals surface area contributed by atoms with E-state index in [-0.39, 0.29) is 5.82 Å². The van der Waals surface area contributed by atoms with Gasteiger partial charge in [0, 0.05) is 18.2 Å². The second-order valence-electron chi connectivity index (χ2n) is 4.20. The summed E-state index contributed by atoms with van der Waals surface area (Å²) in [5.74, 6) is -0.0735.